The highest BCUT2D eigenvalue weighted by atomic mass is 16.5. The second kappa shape index (κ2) is 6.86. The van der Waals surface area contributed by atoms with Gasteiger partial charge in [-0.3, -0.25) is 4.79 Å². The lowest BCUT2D eigenvalue weighted by Gasteiger charge is -2.15. The minimum absolute atomic E-state index is 0.0850. The van der Waals surface area contributed by atoms with Gasteiger partial charge in [0.25, 0.3) is 5.91 Å². The second-order valence-electron chi connectivity index (χ2n) is 4.38. The molecule has 1 amide bonds. The molecule has 0 spiro atoms. The third-order valence-electron chi connectivity index (χ3n) is 2.38. The number of benzene rings is 1. The van der Waals surface area contributed by atoms with E-state index < -0.39 is 6.10 Å². The summed E-state index contributed by atoms with van der Waals surface area (Å²) < 4.78 is 5.30. The molecule has 5 nitrogen and oxygen atoms in total. The Kier molecular flexibility index (Phi) is 5.45. The molecule has 0 radical (unpaired) electrons. The van der Waals surface area contributed by atoms with Gasteiger partial charge in [0.15, 0.2) is 6.61 Å². The Morgan fingerprint density at radius 2 is 2.11 bits per heavy atom. The van der Waals surface area contributed by atoms with Crippen LogP contribution in [0.25, 0.3) is 0 Å². The van der Waals surface area contributed by atoms with Crippen molar-refractivity contribution in [1.82, 2.24) is 5.32 Å². The molecule has 2 unspecified atom stereocenters. The van der Waals surface area contributed by atoms with Crippen molar-refractivity contribution in [3.63, 3.8) is 0 Å². The lowest BCUT2D eigenvalue weighted by Crippen LogP contribution is -2.37. The highest BCUT2D eigenvalue weighted by molar-refractivity contribution is 5.78. The van der Waals surface area contributed by atoms with Crippen molar-refractivity contribution in [2.75, 3.05) is 12.3 Å². The molecule has 1 rings (SSSR count). The maximum atomic E-state index is 11.6. The van der Waals surface area contributed by atoms with Crippen molar-refractivity contribution in [3.8, 4) is 5.75 Å². The number of nitrogen functional groups attached to an aromatic ring is 1. The molecule has 0 bridgehead atoms. The number of carbonyl (C=O) groups is 1. The van der Waals surface area contributed by atoms with Crippen LogP contribution in [0.1, 0.15) is 20.3 Å². The molecule has 0 aliphatic carbocycles. The van der Waals surface area contributed by atoms with E-state index in [9.17, 15) is 9.90 Å². The molecular formula is C13H20N2O3. The third kappa shape index (κ3) is 5.05. The van der Waals surface area contributed by atoms with Gasteiger partial charge in [-0.2, -0.15) is 0 Å². The number of hydrogen-bond donors (Lipinski definition) is 3. The normalized spacial score (nSPS) is 13.7. The smallest absolute Gasteiger partial charge is 0.258 e. The Hall–Kier alpha value is -1.75. The van der Waals surface area contributed by atoms with Crippen LogP contribution in [0, 0.1) is 0 Å². The number of nitrogens with one attached hydrogen (secondary N) is 1. The Morgan fingerprint density at radius 1 is 1.44 bits per heavy atom. The van der Waals surface area contributed by atoms with Gasteiger partial charge in [-0.1, -0.05) is 12.1 Å². The number of amides is 1. The molecule has 0 saturated heterocycles. The molecule has 4 N–H and O–H groups in total. The van der Waals surface area contributed by atoms with E-state index in [2.05, 4.69) is 5.32 Å². The van der Waals surface area contributed by atoms with Gasteiger partial charge < -0.3 is 20.9 Å². The average Bonchev–Trinajstić information content (AvgIpc) is 2.26. The topological polar surface area (TPSA) is 84.6 Å². The third-order valence-corrected chi connectivity index (χ3v) is 2.38. The largest absolute Gasteiger partial charge is 0.482 e. The quantitative estimate of drug-likeness (QED) is 0.657. The van der Waals surface area contributed by atoms with Crippen LogP contribution in [0.4, 0.5) is 5.69 Å². The number of nitrogens with two attached hydrogens (primary N) is 1. The van der Waals surface area contributed by atoms with E-state index in [1.165, 1.54) is 0 Å². The Bertz CT molecular complexity index is 394. The molecule has 0 aliphatic rings. The first-order valence-electron chi connectivity index (χ1n) is 5.93. The summed E-state index contributed by atoms with van der Waals surface area (Å²) in [5.41, 5.74) is 6.19. The summed E-state index contributed by atoms with van der Waals surface area (Å²) >= 11 is 0. The Labute approximate surface area is 107 Å². The summed E-state index contributed by atoms with van der Waals surface area (Å²) in [6.07, 6.45) is 0.0742. The molecule has 5 heteroatoms. The number of aliphatic hydroxyl groups is 1. The molecular weight excluding hydrogens is 232 g/mol. The predicted molar refractivity (Wildman–Crippen MR) is 70.3 cm³/mol. The van der Waals surface area contributed by atoms with Crippen molar-refractivity contribution in [1.29, 1.82) is 0 Å². The number of ether oxygens (including phenoxy) is 1. The number of carbonyl (C=O) groups excluding carboxylic acids is 1. The van der Waals surface area contributed by atoms with Crippen LogP contribution >= 0.6 is 0 Å². The first-order valence-corrected chi connectivity index (χ1v) is 5.93. The van der Waals surface area contributed by atoms with Gasteiger partial charge in [-0.15, -0.1) is 0 Å². The summed E-state index contributed by atoms with van der Waals surface area (Å²) in [6, 6.07) is 6.92. The van der Waals surface area contributed by atoms with E-state index in [0.717, 1.165) is 0 Å². The van der Waals surface area contributed by atoms with Crippen molar-refractivity contribution in [2.45, 2.75) is 32.4 Å². The summed E-state index contributed by atoms with van der Waals surface area (Å²) in [5, 5.41) is 11.9. The maximum Gasteiger partial charge on any atom is 0.258 e. The number of anilines is 1. The SMILES string of the molecule is CC(O)CC(C)NC(=O)COc1ccccc1N. The molecule has 18 heavy (non-hydrogen) atoms. The summed E-state index contributed by atoms with van der Waals surface area (Å²) in [4.78, 5) is 11.6. The molecule has 100 valence electrons. The fourth-order valence-corrected chi connectivity index (χ4v) is 1.64. The molecule has 1 aromatic rings. The monoisotopic (exact) mass is 252 g/mol. The summed E-state index contributed by atoms with van der Waals surface area (Å²) in [7, 11) is 0. The van der Waals surface area contributed by atoms with Gasteiger partial charge in [0.2, 0.25) is 0 Å². The van der Waals surface area contributed by atoms with Gasteiger partial charge in [0.05, 0.1) is 11.8 Å². The van der Waals surface area contributed by atoms with Crippen molar-refractivity contribution < 1.29 is 14.6 Å². The highest BCUT2D eigenvalue weighted by Gasteiger charge is 2.10. The summed E-state index contributed by atoms with van der Waals surface area (Å²) in [5.74, 6) is 0.266. The zero-order valence-corrected chi connectivity index (χ0v) is 10.7. The standard InChI is InChI=1S/C13H20N2O3/c1-9(7-10(2)16)15-13(17)8-18-12-6-4-3-5-11(12)14/h3-6,9-10,16H,7-8,14H2,1-2H3,(H,15,17). The maximum absolute atomic E-state index is 11.6. The van der Waals surface area contributed by atoms with E-state index in [4.69, 9.17) is 10.5 Å². The van der Waals surface area contributed by atoms with Gasteiger partial charge in [-0.05, 0) is 32.4 Å². The summed E-state index contributed by atoms with van der Waals surface area (Å²) in [6.45, 7) is 3.43. The fourth-order valence-electron chi connectivity index (χ4n) is 1.64. The number of rotatable bonds is 6. The molecule has 0 aliphatic heterocycles. The molecule has 0 saturated carbocycles. The molecule has 0 fully saturated rings. The molecule has 0 heterocycles. The molecule has 1 aromatic carbocycles. The van der Waals surface area contributed by atoms with Gasteiger partial charge >= 0.3 is 0 Å². The Balaban J connectivity index is 2.35. The van der Waals surface area contributed by atoms with Gasteiger partial charge in [-0.25, -0.2) is 0 Å². The van der Waals surface area contributed by atoms with Crippen molar-refractivity contribution in [2.24, 2.45) is 0 Å². The van der Waals surface area contributed by atoms with Crippen LogP contribution in [0.5, 0.6) is 5.75 Å². The lowest BCUT2D eigenvalue weighted by molar-refractivity contribution is -0.123. The molecule has 0 aromatic heterocycles. The van der Waals surface area contributed by atoms with E-state index in [0.29, 0.717) is 17.9 Å². The zero-order valence-electron chi connectivity index (χ0n) is 10.7. The minimum Gasteiger partial charge on any atom is -0.482 e. The van der Waals surface area contributed by atoms with E-state index in [-0.39, 0.29) is 18.6 Å². The van der Waals surface area contributed by atoms with Crippen LogP contribution in [-0.4, -0.2) is 29.8 Å². The zero-order chi connectivity index (χ0) is 13.5. The van der Waals surface area contributed by atoms with E-state index in [1.54, 1.807) is 31.2 Å². The van der Waals surface area contributed by atoms with Crippen LogP contribution in [0.3, 0.4) is 0 Å². The van der Waals surface area contributed by atoms with Gasteiger partial charge in [0.1, 0.15) is 5.75 Å². The number of aliphatic hydroxyl groups excluding tert-OH is 1. The number of hydrogen-bond acceptors (Lipinski definition) is 4. The lowest BCUT2D eigenvalue weighted by atomic mass is 10.1. The van der Waals surface area contributed by atoms with Crippen LogP contribution in [-0.2, 0) is 4.79 Å². The van der Waals surface area contributed by atoms with E-state index >= 15 is 0 Å². The van der Waals surface area contributed by atoms with Crippen LogP contribution in [0.15, 0.2) is 24.3 Å². The second-order valence-corrected chi connectivity index (χ2v) is 4.38. The van der Waals surface area contributed by atoms with Crippen molar-refractivity contribution in [3.05, 3.63) is 24.3 Å². The van der Waals surface area contributed by atoms with E-state index in [1.807, 2.05) is 6.92 Å². The molecule has 2 atom stereocenters. The predicted octanol–water partition coefficient (Wildman–Crippen LogP) is 0.923. The first-order chi connectivity index (χ1) is 8.49. The minimum atomic E-state index is -0.439. The Morgan fingerprint density at radius 3 is 2.72 bits per heavy atom. The average molecular weight is 252 g/mol. The highest BCUT2D eigenvalue weighted by Crippen LogP contribution is 2.19. The number of para-hydroxylation sites is 2. The fraction of sp³-hybridized carbons (Fsp3) is 0.462. The van der Waals surface area contributed by atoms with Gasteiger partial charge in [0, 0.05) is 6.04 Å². The van der Waals surface area contributed by atoms with Crippen LogP contribution in [0.2, 0.25) is 0 Å². The van der Waals surface area contributed by atoms with Crippen molar-refractivity contribution >= 4 is 11.6 Å². The first kappa shape index (κ1) is 14.3. The van der Waals surface area contributed by atoms with Crippen LogP contribution < -0.4 is 15.8 Å².